The van der Waals surface area contributed by atoms with Crippen molar-refractivity contribution >= 4 is 21.8 Å². The van der Waals surface area contributed by atoms with Gasteiger partial charge >= 0.3 is 5.95 Å². The van der Waals surface area contributed by atoms with Crippen molar-refractivity contribution < 1.29 is 14.6 Å². The van der Waals surface area contributed by atoms with E-state index in [0.717, 1.165) is 6.08 Å². The first-order valence-electron chi connectivity index (χ1n) is 2.88. The smallest absolute Gasteiger partial charge is 0.300 e. The summed E-state index contributed by atoms with van der Waals surface area (Å²) < 4.78 is 4.44. The summed E-state index contributed by atoms with van der Waals surface area (Å²) >= 11 is 2.85. The summed E-state index contributed by atoms with van der Waals surface area (Å²) in [6.07, 6.45) is 1.15. The third kappa shape index (κ3) is 3.29. The lowest BCUT2D eigenvalue weighted by atomic mass is 10.4. The molecule has 5 nitrogen and oxygen atoms in total. The minimum atomic E-state index is -0.679. The molecule has 12 heavy (non-hydrogen) atoms. The van der Waals surface area contributed by atoms with Crippen molar-refractivity contribution in [1.29, 1.82) is 0 Å². The molecule has 0 aromatic carbocycles. The molecule has 0 aromatic heterocycles. The number of allylic oxidation sites excluding steroid dienone is 1. The Bertz CT molecular complexity index is 247. The third-order valence-corrected chi connectivity index (χ3v) is 1.58. The Labute approximate surface area is 77.8 Å². The number of carbonyl (C=O) groups excluding carboxylic acids is 1. The van der Waals surface area contributed by atoms with E-state index < -0.39 is 11.9 Å². The van der Waals surface area contributed by atoms with E-state index in [1.165, 1.54) is 7.11 Å². The molecule has 6 heteroatoms. The van der Waals surface area contributed by atoms with E-state index in [4.69, 9.17) is 16.6 Å². The van der Waals surface area contributed by atoms with E-state index >= 15 is 0 Å². The molecule has 68 valence electrons. The Morgan fingerprint density at radius 3 is 2.42 bits per heavy atom. The molecule has 0 radical (unpaired) electrons. The number of halogens is 1. The molecule has 0 bridgehead atoms. The molecule has 5 N–H and O–H groups in total. The standard InChI is InChI=1S/C6H9BrN2O3/c1-12-6(11)4(8)2-3(7)5(9)10/h2,11H,8H2,1H3,(H2,9,10)/b3-2+,6-4+. The number of hydrogen-bond donors (Lipinski definition) is 3. The number of aliphatic hydroxyl groups excluding tert-OH is 1. The van der Waals surface area contributed by atoms with Gasteiger partial charge in [-0.25, -0.2) is 0 Å². The van der Waals surface area contributed by atoms with E-state index in [-0.39, 0.29) is 10.2 Å². The minimum Gasteiger partial charge on any atom is -0.479 e. The van der Waals surface area contributed by atoms with E-state index in [1.54, 1.807) is 0 Å². The normalized spacial score (nSPS) is 13.7. The van der Waals surface area contributed by atoms with E-state index in [9.17, 15) is 4.79 Å². The lowest BCUT2D eigenvalue weighted by Gasteiger charge is -1.99. The summed E-state index contributed by atoms with van der Waals surface area (Å²) in [6, 6.07) is 0. The SMILES string of the molecule is CO/C(O)=C(N)\C=C(\Br)C(N)=O. The topological polar surface area (TPSA) is 98.6 Å². The van der Waals surface area contributed by atoms with Crippen LogP contribution in [0.1, 0.15) is 0 Å². The second-order valence-electron chi connectivity index (χ2n) is 1.82. The van der Waals surface area contributed by atoms with Crippen molar-refractivity contribution in [3.05, 3.63) is 22.2 Å². The van der Waals surface area contributed by atoms with Gasteiger partial charge in [0.1, 0.15) is 5.70 Å². The van der Waals surface area contributed by atoms with Gasteiger partial charge in [0.2, 0.25) is 0 Å². The van der Waals surface area contributed by atoms with Crippen LogP contribution in [0, 0.1) is 0 Å². The Kier molecular flexibility index (Phi) is 4.20. The van der Waals surface area contributed by atoms with Gasteiger partial charge in [-0.3, -0.25) is 4.79 Å². The van der Waals surface area contributed by atoms with Gasteiger partial charge in [0.15, 0.2) is 0 Å². The van der Waals surface area contributed by atoms with Gasteiger partial charge in [-0.2, -0.15) is 0 Å². The fourth-order valence-corrected chi connectivity index (χ4v) is 0.634. The highest BCUT2D eigenvalue weighted by Gasteiger charge is 2.03. The third-order valence-electron chi connectivity index (χ3n) is 0.958. The molecule has 0 aliphatic carbocycles. The zero-order valence-electron chi connectivity index (χ0n) is 6.37. The van der Waals surface area contributed by atoms with Gasteiger partial charge in [-0.1, -0.05) is 0 Å². The monoisotopic (exact) mass is 236 g/mol. The number of hydrogen-bond acceptors (Lipinski definition) is 4. The molecule has 0 spiro atoms. The van der Waals surface area contributed by atoms with Gasteiger partial charge < -0.3 is 21.3 Å². The number of amides is 1. The highest BCUT2D eigenvalue weighted by Crippen LogP contribution is 2.07. The average molecular weight is 237 g/mol. The van der Waals surface area contributed by atoms with Crippen LogP contribution in [-0.2, 0) is 9.53 Å². The zero-order valence-corrected chi connectivity index (χ0v) is 7.96. The van der Waals surface area contributed by atoms with Crippen molar-refractivity contribution in [1.82, 2.24) is 0 Å². The number of carbonyl (C=O) groups is 1. The molecule has 0 heterocycles. The highest BCUT2D eigenvalue weighted by molar-refractivity contribution is 9.12. The van der Waals surface area contributed by atoms with Crippen LogP contribution in [0.5, 0.6) is 0 Å². The summed E-state index contributed by atoms with van der Waals surface area (Å²) in [4.78, 5) is 10.5. The van der Waals surface area contributed by atoms with Crippen LogP contribution in [-0.4, -0.2) is 18.1 Å². The maximum atomic E-state index is 10.5. The molecule has 0 aromatic rings. The number of rotatable bonds is 3. The molecule has 0 rings (SSSR count). The molecule has 0 aliphatic heterocycles. The quantitative estimate of drug-likeness (QED) is 0.367. The van der Waals surface area contributed by atoms with Gasteiger partial charge in [0.25, 0.3) is 5.91 Å². The molecular formula is C6H9BrN2O3. The summed E-state index contributed by atoms with van der Waals surface area (Å²) in [5.74, 6) is -1.14. The van der Waals surface area contributed by atoms with E-state index in [2.05, 4.69) is 20.7 Å². The van der Waals surface area contributed by atoms with Crippen LogP contribution in [0.25, 0.3) is 0 Å². The number of methoxy groups -OCH3 is 1. The average Bonchev–Trinajstić information content (AvgIpc) is 2.02. The molecule has 0 unspecified atom stereocenters. The molecular weight excluding hydrogens is 228 g/mol. The molecule has 0 saturated heterocycles. The van der Waals surface area contributed by atoms with Crippen molar-refractivity contribution in [2.75, 3.05) is 7.11 Å². The predicted octanol–water partition coefficient (Wildman–Crippen LogP) is 0.0827. The molecule has 0 aliphatic rings. The first kappa shape index (κ1) is 10.8. The second-order valence-corrected chi connectivity index (χ2v) is 2.68. The van der Waals surface area contributed by atoms with Crippen LogP contribution in [0.2, 0.25) is 0 Å². The predicted molar refractivity (Wildman–Crippen MR) is 47.1 cm³/mol. The molecule has 0 saturated carbocycles. The first-order chi connectivity index (χ1) is 5.49. The maximum Gasteiger partial charge on any atom is 0.300 e. The molecule has 0 atom stereocenters. The van der Waals surface area contributed by atoms with Crippen LogP contribution in [0.15, 0.2) is 22.2 Å². The van der Waals surface area contributed by atoms with Crippen molar-refractivity contribution in [2.45, 2.75) is 0 Å². The fourth-order valence-electron chi connectivity index (χ4n) is 0.387. The van der Waals surface area contributed by atoms with Crippen molar-refractivity contribution in [2.24, 2.45) is 11.5 Å². The van der Waals surface area contributed by atoms with Crippen LogP contribution in [0.3, 0.4) is 0 Å². The number of nitrogens with two attached hydrogens (primary N) is 2. The van der Waals surface area contributed by atoms with Gasteiger partial charge in [-0.15, -0.1) is 0 Å². The van der Waals surface area contributed by atoms with Crippen molar-refractivity contribution in [3.63, 3.8) is 0 Å². The Morgan fingerprint density at radius 2 is 2.08 bits per heavy atom. The molecule has 0 fully saturated rings. The number of primary amides is 1. The van der Waals surface area contributed by atoms with Gasteiger partial charge in [-0.05, 0) is 22.0 Å². The first-order valence-corrected chi connectivity index (χ1v) is 3.68. The molecule has 1 amide bonds. The van der Waals surface area contributed by atoms with Gasteiger partial charge in [0, 0.05) is 0 Å². The summed E-state index contributed by atoms with van der Waals surface area (Å²) in [5.41, 5.74) is 10.0. The summed E-state index contributed by atoms with van der Waals surface area (Å²) in [7, 11) is 1.24. The summed E-state index contributed by atoms with van der Waals surface area (Å²) in [5, 5.41) is 8.87. The largest absolute Gasteiger partial charge is 0.479 e. The summed E-state index contributed by atoms with van der Waals surface area (Å²) in [6.45, 7) is 0. The maximum absolute atomic E-state index is 10.5. The Hall–Kier alpha value is -1.17. The Balaban J connectivity index is 4.64. The van der Waals surface area contributed by atoms with Crippen LogP contribution < -0.4 is 11.5 Å². The Morgan fingerprint density at radius 1 is 1.58 bits per heavy atom. The fraction of sp³-hybridized carbons (Fsp3) is 0.167. The zero-order chi connectivity index (χ0) is 9.72. The lowest BCUT2D eigenvalue weighted by molar-refractivity contribution is -0.113. The number of ether oxygens (including phenoxy) is 1. The van der Waals surface area contributed by atoms with E-state index in [0.29, 0.717) is 0 Å². The second kappa shape index (κ2) is 4.66. The van der Waals surface area contributed by atoms with Crippen molar-refractivity contribution in [3.8, 4) is 0 Å². The number of aliphatic hydroxyl groups is 1. The van der Waals surface area contributed by atoms with Crippen LogP contribution >= 0.6 is 15.9 Å². The minimum absolute atomic E-state index is 0.0589. The lowest BCUT2D eigenvalue weighted by Crippen LogP contribution is -2.11. The highest BCUT2D eigenvalue weighted by atomic mass is 79.9. The van der Waals surface area contributed by atoms with Gasteiger partial charge in [0.05, 0.1) is 11.6 Å². The van der Waals surface area contributed by atoms with Crippen LogP contribution in [0.4, 0.5) is 0 Å². The van der Waals surface area contributed by atoms with E-state index in [1.807, 2.05) is 0 Å².